The molecule has 0 amide bonds. The Morgan fingerprint density at radius 1 is 0.318 bits per heavy atom. The molecule has 18 heteroatoms. The average Bonchev–Trinajstić information content (AvgIpc) is 3.18. The van der Waals surface area contributed by atoms with Crippen molar-refractivity contribution in [3.63, 3.8) is 0 Å². The fraction of sp³-hybridized carbons (Fsp3) is 0.583. The van der Waals surface area contributed by atoms with Gasteiger partial charge in [0.25, 0.3) is 0 Å². The molecule has 0 saturated heterocycles. The minimum absolute atomic E-state index is 0. The van der Waals surface area contributed by atoms with E-state index < -0.39 is 33.3 Å². The third-order valence-corrected chi connectivity index (χ3v) is 25.2. The Morgan fingerprint density at radius 3 is 0.485 bits per heavy atom. The fourth-order valence-electron chi connectivity index (χ4n) is 1.93. The Balaban J connectivity index is -0.000000155. The van der Waals surface area contributed by atoms with Gasteiger partial charge in [0.1, 0.15) is 0 Å². The van der Waals surface area contributed by atoms with Gasteiger partial charge < -0.3 is 39.6 Å². The van der Waals surface area contributed by atoms with Gasteiger partial charge in [-0.05, 0) is 81.8 Å². The molecule has 4 aromatic rings. The topological polar surface area (TPSA) is 236 Å². The molecule has 0 radical (unpaired) electrons. The number of pyridine rings is 4. The second-order valence-corrected chi connectivity index (χ2v) is 39.0. The van der Waals surface area contributed by atoms with Crippen molar-refractivity contribution in [2.24, 2.45) is 0 Å². The Hall–Kier alpha value is -1.42. The van der Waals surface area contributed by atoms with Crippen LogP contribution in [0.25, 0.3) is 0 Å². The van der Waals surface area contributed by atoms with Crippen LogP contribution in [0.3, 0.4) is 0 Å². The first-order chi connectivity index (χ1) is 28.7. The Morgan fingerprint density at radius 2 is 0.439 bits per heavy atom. The first-order valence-corrected chi connectivity index (χ1v) is 33.1. The van der Waals surface area contributed by atoms with Crippen LogP contribution in [0.15, 0.2) is 97.6 Å². The number of nitrogens with zero attached hydrogens (tertiary/aromatic N) is 4. The van der Waals surface area contributed by atoms with Gasteiger partial charge in [0, 0.05) is 47.6 Å². The molecule has 368 valence electrons. The summed E-state index contributed by atoms with van der Waals surface area (Å²) < 4.78 is 0. The fourth-order valence-corrected chi connectivity index (χ4v) is 1.93. The predicted molar refractivity (Wildman–Crippen MR) is 261 cm³/mol. The van der Waals surface area contributed by atoms with Gasteiger partial charge in [0.2, 0.25) is 0 Å². The van der Waals surface area contributed by atoms with Crippen LogP contribution in [-0.4, -0.2) is 53.2 Å². The molecule has 0 N–H and O–H groups in total. The molecular weight excluding hydrogens is 969 g/mol. The van der Waals surface area contributed by atoms with Crippen LogP contribution < -0.4 is 39.6 Å². The smallest absolute Gasteiger partial charge is 0.858 e. The van der Waals surface area contributed by atoms with Crippen LogP contribution in [0, 0.1) is 0 Å². The summed E-state index contributed by atoms with van der Waals surface area (Å²) in [5.41, 5.74) is 2.42. The van der Waals surface area contributed by atoms with Crippen LogP contribution >= 0.6 is 0 Å². The normalized spacial score (nSPS) is 11.3. The minimum Gasteiger partial charge on any atom is -0.858 e. The van der Waals surface area contributed by atoms with Crippen molar-refractivity contribution in [2.45, 2.75) is 182 Å². The van der Waals surface area contributed by atoms with Gasteiger partial charge in [-0.2, -0.15) is 0 Å². The van der Waals surface area contributed by atoms with E-state index in [1.165, 1.54) is 0 Å². The van der Waals surface area contributed by atoms with Gasteiger partial charge >= 0.3 is 43.4 Å². The van der Waals surface area contributed by atoms with Crippen molar-refractivity contribution >= 4 is 33.3 Å². The maximum Gasteiger partial charge on any atom is 4.00 e. The number of hydrogen-bond donors (Lipinski definition) is 0. The molecule has 0 spiro atoms. The van der Waals surface area contributed by atoms with Gasteiger partial charge in [0.15, 0.2) is 0 Å². The largest absolute Gasteiger partial charge is 4.00 e. The molecule has 0 aliphatic heterocycles. The van der Waals surface area contributed by atoms with E-state index in [1.54, 1.807) is 97.6 Å². The predicted octanol–water partition coefficient (Wildman–Crippen LogP) is 5.17. The molecule has 0 aliphatic carbocycles. The second-order valence-electron chi connectivity index (χ2n) is 20.9. The van der Waals surface area contributed by atoms with Crippen molar-refractivity contribution in [3.8, 4) is 0 Å². The Labute approximate surface area is 435 Å². The Kier molecular flexibility index (Phi) is 42.1. The summed E-state index contributed by atoms with van der Waals surface area (Å²) >= 11 is 0. The molecule has 0 bridgehead atoms. The SMILES string of the molecule is CC(C)(C)[Si](C)(C)[O-].CC(C)(C)[Si](C)(C)[O-].CC(C)(C)[Si](C)(C)[O-].CC(C)(C)[Si](C)(C)[O-].[O-]Cc1ccccn1.[O-]Cc1ccccn1.[O-]Cc1ccccn1.[O-]Cc1ccccn1.[Ti+4].[Ti+4]. The van der Waals surface area contributed by atoms with Crippen LogP contribution in [0.2, 0.25) is 72.5 Å². The van der Waals surface area contributed by atoms with E-state index in [1.807, 2.05) is 135 Å². The number of rotatable bonds is 4. The van der Waals surface area contributed by atoms with E-state index in [4.69, 9.17) is 0 Å². The Bertz CT molecular complexity index is 1370. The standard InChI is InChI=1S/4C6H6NO.4C6H15OSi.2Ti/c4*8-5-6-3-1-2-4-7-6;4*1-6(2,3)8(4,5)7;;/h4*1-4H,5H2;4*1-5H3;;/q8*-1;2*+4. The summed E-state index contributed by atoms with van der Waals surface area (Å²) in [6.45, 7) is 38.2. The van der Waals surface area contributed by atoms with Gasteiger partial charge in [0.05, 0.1) is 0 Å². The molecule has 4 aromatic heterocycles. The molecule has 12 nitrogen and oxygen atoms in total. The van der Waals surface area contributed by atoms with E-state index in [2.05, 4.69) is 19.9 Å². The first kappa shape index (κ1) is 76.1. The number of hydrogen-bond acceptors (Lipinski definition) is 12. The van der Waals surface area contributed by atoms with Crippen LogP contribution in [0.5, 0.6) is 0 Å². The van der Waals surface area contributed by atoms with E-state index in [-0.39, 0.29) is 90.0 Å². The summed E-state index contributed by atoms with van der Waals surface area (Å²) in [6.07, 6.45) is 6.47. The molecule has 0 aromatic carbocycles. The van der Waals surface area contributed by atoms with Crippen molar-refractivity contribution in [1.82, 2.24) is 19.9 Å². The summed E-state index contributed by atoms with van der Waals surface area (Å²) in [5.74, 6) is 0. The van der Waals surface area contributed by atoms with Crippen molar-refractivity contribution in [2.75, 3.05) is 0 Å². The molecule has 0 atom stereocenters. The van der Waals surface area contributed by atoms with Gasteiger partial charge in [-0.1, -0.05) is 206 Å². The van der Waals surface area contributed by atoms with Crippen LogP contribution in [-0.2, 0) is 69.9 Å². The monoisotopic (exact) mass is 1050 g/mol. The molecule has 4 rings (SSSR count). The zero-order valence-corrected chi connectivity index (χ0v) is 51.2. The quantitative estimate of drug-likeness (QED) is 0.241. The van der Waals surface area contributed by atoms with Crippen LogP contribution in [0.4, 0.5) is 0 Å². The summed E-state index contributed by atoms with van der Waals surface area (Å²) in [7, 11) is -8.44. The maximum atomic E-state index is 11.3. The zero-order valence-electron chi connectivity index (χ0n) is 44.1. The van der Waals surface area contributed by atoms with E-state index in [0.29, 0.717) is 22.8 Å². The minimum atomic E-state index is -2.11. The molecule has 0 saturated carbocycles. The molecule has 4 heterocycles. The van der Waals surface area contributed by atoms with Crippen molar-refractivity contribution < 1.29 is 83.0 Å². The van der Waals surface area contributed by atoms with E-state index in [9.17, 15) is 39.6 Å². The van der Waals surface area contributed by atoms with Crippen molar-refractivity contribution in [1.29, 1.82) is 0 Å². The molecule has 0 fully saturated rings. The van der Waals surface area contributed by atoms with Gasteiger partial charge in [-0.3, -0.25) is 19.9 Å². The molecule has 66 heavy (non-hydrogen) atoms. The average molecular weight is 1050 g/mol. The number of aromatic nitrogens is 4. The second kappa shape index (κ2) is 36.5. The third kappa shape index (κ3) is 42.7. The van der Waals surface area contributed by atoms with E-state index in [0.717, 1.165) is 0 Å². The summed E-state index contributed by atoms with van der Waals surface area (Å²) in [6, 6.07) is 21.2. The molecular formula is C48H84N4O8Si4Ti2. The molecule has 0 aliphatic rings. The van der Waals surface area contributed by atoms with Gasteiger partial charge in [-0.25, -0.2) is 0 Å². The summed E-state index contributed by atoms with van der Waals surface area (Å²) in [5, 5.41) is 40.4. The van der Waals surface area contributed by atoms with Crippen molar-refractivity contribution in [3.05, 3.63) is 120 Å². The maximum absolute atomic E-state index is 11.3. The van der Waals surface area contributed by atoms with Crippen LogP contribution in [0.1, 0.15) is 106 Å². The summed E-state index contributed by atoms with van der Waals surface area (Å²) in [4.78, 5) is 60.2. The third-order valence-electron chi connectivity index (χ3n) is 10.7. The van der Waals surface area contributed by atoms with E-state index >= 15 is 0 Å². The van der Waals surface area contributed by atoms with Gasteiger partial charge in [-0.15, -0.1) is 0 Å². The zero-order chi connectivity index (χ0) is 51.3. The molecule has 0 unspecified atom stereocenters. The first-order valence-electron chi connectivity index (χ1n) is 21.5.